The third-order valence-corrected chi connectivity index (χ3v) is 5.55. The van der Waals surface area contributed by atoms with Crippen molar-refractivity contribution in [2.24, 2.45) is 5.92 Å². The molecule has 0 radical (unpaired) electrons. The van der Waals surface area contributed by atoms with Gasteiger partial charge in [0.25, 0.3) is 0 Å². The fourth-order valence-electron chi connectivity index (χ4n) is 3.79. The highest BCUT2D eigenvalue weighted by Gasteiger charge is 2.33. The van der Waals surface area contributed by atoms with Crippen LogP contribution in [0.2, 0.25) is 0 Å². The third kappa shape index (κ3) is 3.18. The number of hydrogen-bond donors (Lipinski definition) is 1. The van der Waals surface area contributed by atoms with E-state index in [1.165, 1.54) is 55.8 Å². The number of likely N-dealkylation sites (tertiary alicyclic amines) is 1. The summed E-state index contributed by atoms with van der Waals surface area (Å²) in [5.74, 6) is 0.970. The minimum atomic E-state index is 0.844. The van der Waals surface area contributed by atoms with E-state index in [1.807, 2.05) is 7.05 Å². The van der Waals surface area contributed by atoms with Crippen LogP contribution in [-0.4, -0.2) is 29.5 Å². The van der Waals surface area contributed by atoms with Crippen molar-refractivity contribution in [3.8, 4) is 0 Å². The second-order valence-corrected chi connectivity index (χ2v) is 6.93. The molecule has 0 amide bonds. The number of aromatic nitrogens is 1. The first-order valence-electron chi connectivity index (χ1n) is 7.69. The van der Waals surface area contributed by atoms with Crippen LogP contribution < -0.4 is 5.32 Å². The molecular formula is C15H25N3S. The average molecular weight is 279 g/mol. The summed E-state index contributed by atoms with van der Waals surface area (Å²) in [5, 5.41) is 6.64. The van der Waals surface area contributed by atoms with Gasteiger partial charge in [-0.25, -0.2) is 4.98 Å². The molecule has 1 saturated heterocycles. The molecule has 3 rings (SSSR count). The maximum absolute atomic E-state index is 4.74. The van der Waals surface area contributed by atoms with Gasteiger partial charge in [-0.1, -0.05) is 12.8 Å². The maximum atomic E-state index is 4.74. The van der Waals surface area contributed by atoms with Crippen molar-refractivity contribution in [1.82, 2.24) is 15.2 Å². The monoisotopic (exact) mass is 279 g/mol. The maximum Gasteiger partial charge on any atom is 0.107 e. The van der Waals surface area contributed by atoms with Gasteiger partial charge in [0.1, 0.15) is 5.01 Å². The lowest BCUT2D eigenvalue weighted by atomic mass is 9.96. The van der Waals surface area contributed by atoms with Crippen LogP contribution in [0, 0.1) is 5.92 Å². The van der Waals surface area contributed by atoms with Gasteiger partial charge < -0.3 is 5.32 Å². The van der Waals surface area contributed by atoms with E-state index < -0.39 is 0 Å². The van der Waals surface area contributed by atoms with Crippen molar-refractivity contribution >= 4 is 11.3 Å². The fourth-order valence-corrected chi connectivity index (χ4v) is 4.58. The topological polar surface area (TPSA) is 28.2 Å². The zero-order chi connectivity index (χ0) is 13.1. The fraction of sp³-hybridized carbons (Fsp3) is 0.800. The molecule has 3 nitrogen and oxygen atoms in total. The van der Waals surface area contributed by atoms with E-state index in [2.05, 4.69) is 15.6 Å². The Bertz CT molecular complexity index is 398. The Morgan fingerprint density at radius 2 is 2.16 bits per heavy atom. The summed E-state index contributed by atoms with van der Waals surface area (Å²) in [6.07, 6.45) is 8.63. The van der Waals surface area contributed by atoms with Gasteiger partial charge in [-0.15, -0.1) is 11.3 Å². The minimum Gasteiger partial charge on any atom is -0.314 e. The molecule has 0 bridgehead atoms. The van der Waals surface area contributed by atoms with Crippen molar-refractivity contribution in [2.45, 2.75) is 57.7 Å². The predicted molar refractivity (Wildman–Crippen MR) is 80.3 cm³/mol. The van der Waals surface area contributed by atoms with Crippen molar-refractivity contribution in [2.75, 3.05) is 13.6 Å². The summed E-state index contributed by atoms with van der Waals surface area (Å²) in [6.45, 7) is 3.25. The molecule has 1 N–H and O–H groups in total. The van der Waals surface area contributed by atoms with E-state index in [4.69, 9.17) is 4.98 Å². The highest BCUT2D eigenvalue weighted by Crippen LogP contribution is 2.36. The van der Waals surface area contributed by atoms with Crippen LogP contribution in [0.4, 0.5) is 0 Å². The molecule has 2 fully saturated rings. The molecule has 0 spiro atoms. The molecule has 19 heavy (non-hydrogen) atoms. The van der Waals surface area contributed by atoms with Crippen LogP contribution in [-0.2, 0) is 13.1 Å². The van der Waals surface area contributed by atoms with E-state index >= 15 is 0 Å². The molecule has 1 unspecified atom stereocenters. The predicted octanol–water partition coefficient (Wildman–Crippen LogP) is 3.02. The smallest absolute Gasteiger partial charge is 0.107 e. The summed E-state index contributed by atoms with van der Waals surface area (Å²) >= 11 is 1.79. The van der Waals surface area contributed by atoms with Gasteiger partial charge in [0.2, 0.25) is 0 Å². The molecule has 1 aliphatic heterocycles. The van der Waals surface area contributed by atoms with Crippen molar-refractivity contribution in [3.63, 3.8) is 0 Å². The minimum absolute atomic E-state index is 0.844. The molecule has 2 aliphatic rings. The third-order valence-electron chi connectivity index (χ3n) is 4.65. The Morgan fingerprint density at radius 1 is 1.32 bits per heavy atom. The lowest BCUT2D eigenvalue weighted by molar-refractivity contribution is 0.181. The van der Waals surface area contributed by atoms with E-state index in [1.54, 1.807) is 11.3 Å². The van der Waals surface area contributed by atoms with Crippen molar-refractivity contribution < 1.29 is 0 Å². The van der Waals surface area contributed by atoms with Crippen LogP contribution in [0.3, 0.4) is 0 Å². The van der Waals surface area contributed by atoms with Crippen molar-refractivity contribution in [3.05, 3.63) is 16.1 Å². The van der Waals surface area contributed by atoms with Crippen LogP contribution in [0.15, 0.2) is 5.38 Å². The van der Waals surface area contributed by atoms with E-state index in [-0.39, 0.29) is 0 Å². The van der Waals surface area contributed by atoms with E-state index in [0.29, 0.717) is 0 Å². The van der Waals surface area contributed by atoms with Crippen LogP contribution >= 0.6 is 11.3 Å². The van der Waals surface area contributed by atoms with E-state index in [9.17, 15) is 0 Å². The van der Waals surface area contributed by atoms with Gasteiger partial charge in [-0.05, 0) is 45.2 Å². The van der Waals surface area contributed by atoms with Gasteiger partial charge in [0.05, 0.1) is 5.69 Å². The zero-order valence-electron chi connectivity index (χ0n) is 11.9. The highest BCUT2D eigenvalue weighted by atomic mass is 32.1. The Morgan fingerprint density at radius 3 is 2.95 bits per heavy atom. The second kappa shape index (κ2) is 6.33. The molecule has 0 aromatic carbocycles. The van der Waals surface area contributed by atoms with E-state index in [0.717, 1.165) is 25.0 Å². The normalized spacial score (nSPS) is 25.4. The largest absolute Gasteiger partial charge is 0.314 e. The Kier molecular flexibility index (Phi) is 4.51. The van der Waals surface area contributed by atoms with Crippen LogP contribution in [0.25, 0.3) is 0 Å². The van der Waals surface area contributed by atoms with Crippen molar-refractivity contribution in [1.29, 1.82) is 0 Å². The number of thiazole rings is 1. The summed E-state index contributed by atoms with van der Waals surface area (Å²) in [7, 11) is 1.98. The Balaban J connectivity index is 1.60. The Labute approximate surface area is 120 Å². The number of nitrogens with zero attached hydrogens (tertiary/aromatic N) is 2. The zero-order valence-corrected chi connectivity index (χ0v) is 12.7. The average Bonchev–Trinajstić information content (AvgIpc) is 3.11. The van der Waals surface area contributed by atoms with Gasteiger partial charge in [-0.3, -0.25) is 4.90 Å². The quantitative estimate of drug-likeness (QED) is 0.898. The first-order valence-corrected chi connectivity index (χ1v) is 8.56. The summed E-state index contributed by atoms with van der Waals surface area (Å²) < 4.78 is 0. The summed E-state index contributed by atoms with van der Waals surface area (Å²) in [4.78, 5) is 7.44. The molecule has 1 aliphatic carbocycles. The number of hydrogen-bond acceptors (Lipinski definition) is 4. The summed E-state index contributed by atoms with van der Waals surface area (Å²) in [6, 6.07) is 0.844. The second-order valence-electron chi connectivity index (χ2n) is 5.99. The van der Waals surface area contributed by atoms with Crippen LogP contribution in [0.5, 0.6) is 0 Å². The lowest BCUT2D eigenvalue weighted by Gasteiger charge is -2.28. The molecule has 106 valence electrons. The molecule has 1 aromatic rings. The standard InChI is InChI=1S/C15H25N3S/c1-16-9-15-17-13(11-19-15)10-18-8-4-7-14(18)12-5-2-3-6-12/h11-12,14,16H,2-10H2,1H3. The molecule has 1 saturated carbocycles. The SMILES string of the molecule is CNCc1nc(CN2CCCC2C2CCCC2)cs1. The highest BCUT2D eigenvalue weighted by molar-refractivity contribution is 7.09. The molecular weight excluding hydrogens is 254 g/mol. The first-order chi connectivity index (χ1) is 9.36. The first kappa shape index (κ1) is 13.5. The van der Waals surface area contributed by atoms with Gasteiger partial charge >= 0.3 is 0 Å². The molecule has 1 aromatic heterocycles. The van der Waals surface area contributed by atoms with Gasteiger partial charge in [0.15, 0.2) is 0 Å². The van der Waals surface area contributed by atoms with Gasteiger partial charge in [-0.2, -0.15) is 0 Å². The summed E-state index contributed by atoms with van der Waals surface area (Å²) in [5.41, 5.74) is 1.28. The Hall–Kier alpha value is -0.450. The number of rotatable bonds is 5. The molecule has 1 atom stereocenters. The molecule has 2 heterocycles. The van der Waals surface area contributed by atoms with Gasteiger partial charge in [0, 0.05) is 24.5 Å². The van der Waals surface area contributed by atoms with Crippen LogP contribution in [0.1, 0.15) is 49.2 Å². The lowest BCUT2D eigenvalue weighted by Crippen LogP contribution is -2.34. The molecule has 4 heteroatoms. The number of nitrogens with one attached hydrogen (secondary N) is 1.